The van der Waals surface area contributed by atoms with Gasteiger partial charge in [0.25, 0.3) is 0 Å². The fourth-order valence-electron chi connectivity index (χ4n) is 0.930. The third-order valence-corrected chi connectivity index (χ3v) is 1.72. The molecule has 14 heavy (non-hydrogen) atoms. The van der Waals surface area contributed by atoms with Crippen LogP contribution in [0, 0.1) is 6.92 Å². The largest absolute Gasteiger partial charge is 0.352 e. The highest BCUT2D eigenvalue weighted by atomic mass is 16.2. The molecule has 76 valence electrons. The number of carbonyl (C=O) groups excluding carboxylic acids is 2. The van der Waals surface area contributed by atoms with Gasteiger partial charge in [-0.1, -0.05) is 0 Å². The summed E-state index contributed by atoms with van der Waals surface area (Å²) < 4.78 is 1.12. The highest BCUT2D eigenvalue weighted by Crippen LogP contribution is 1.96. The molecular weight excluding hydrogens is 184 g/mol. The SMILES string of the molecule is CNC(=O)N(C)C(=O)n1ccc(C)n1. The van der Waals surface area contributed by atoms with Crippen molar-refractivity contribution in [2.24, 2.45) is 0 Å². The maximum atomic E-state index is 11.5. The summed E-state index contributed by atoms with van der Waals surface area (Å²) in [6.07, 6.45) is 1.51. The van der Waals surface area contributed by atoms with Crippen molar-refractivity contribution < 1.29 is 9.59 Å². The van der Waals surface area contributed by atoms with Crippen LogP contribution in [0.5, 0.6) is 0 Å². The van der Waals surface area contributed by atoms with Gasteiger partial charge in [-0.25, -0.2) is 14.5 Å². The molecule has 6 heteroatoms. The summed E-state index contributed by atoms with van der Waals surface area (Å²) in [4.78, 5) is 23.6. The van der Waals surface area contributed by atoms with Gasteiger partial charge in [-0.3, -0.25) is 0 Å². The van der Waals surface area contributed by atoms with Crippen LogP contribution in [0.15, 0.2) is 12.3 Å². The third kappa shape index (κ3) is 1.90. The van der Waals surface area contributed by atoms with Gasteiger partial charge in [0.15, 0.2) is 0 Å². The Labute approximate surface area is 81.5 Å². The molecule has 0 aliphatic rings. The van der Waals surface area contributed by atoms with Gasteiger partial charge in [0.2, 0.25) is 0 Å². The number of amides is 3. The minimum absolute atomic E-state index is 0.469. The summed E-state index contributed by atoms with van der Waals surface area (Å²) in [5, 5.41) is 6.24. The lowest BCUT2D eigenvalue weighted by atomic mass is 10.5. The summed E-state index contributed by atoms with van der Waals surface area (Å²) in [7, 11) is 2.85. The Morgan fingerprint density at radius 1 is 1.57 bits per heavy atom. The van der Waals surface area contributed by atoms with Gasteiger partial charge >= 0.3 is 12.1 Å². The lowest BCUT2D eigenvalue weighted by Crippen LogP contribution is -2.41. The number of hydrogen-bond acceptors (Lipinski definition) is 3. The van der Waals surface area contributed by atoms with Crippen molar-refractivity contribution in [1.82, 2.24) is 20.0 Å². The van der Waals surface area contributed by atoms with E-state index in [4.69, 9.17) is 0 Å². The van der Waals surface area contributed by atoms with E-state index in [2.05, 4.69) is 10.4 Å². The van der Waals surface area contributed by atoms with Crippen LogP contribution in [-0.4, -0.2) is 40.8 Å². The Morgan fingerprint density at radius 3 is 2.64 bits per heavy atom. The molecule has 0 radical (unpaired) electrons. The number of hydrogen-bond donors (Lipinski definition) is 1. The number of aryl methyl sites for hydroxylation is 1. The quantitative estimate of drug-likeness (QED) is 0.654. The van der Waals surface area contributed by atoms with Crippen LogP contribution in [0.3, 0.4) is 0 Å². The normalized spacial score (nSPS) is 9.64. The average Bonchev–Trinajstić information content (AvgIpc) is 2.61. The molecule has 0 bridgehead atoms. The Balaban J connectivity index is 2.80. The topological polar surface area (TPSA) is 67.2 Å². The Morgan fingerprint density at radius 2 is 2.21 bits per heavy atom. The Kier molecular flexibility index (Phi) is 2.85. The van der Waals surface area contributed by atoms with E-state index in [1.807, 2.05) is 0 Å². The average molecular weight is 196 g/mol. The predicted molar refractivity (Wildman–Crippen MR) is 50.0 cm³/mol. The van der Waals surface area contributed by atoms with Gasteiger partial charge in [-0.2, -0.15) is 9.78 Å². The summed E-state index contributed by atoms with van der Waals surface area (Å²) in [5.41, 5.74) is 0.726. The first kappa shape index (κ1) is 10.2. The van der Waals surface area contributed by atoms with Crippen LogP contribution >= 0.6 is 0 Å². The molecular formula is C8H12N4O2. The van der Waals surface area contributed by atoms with Gasteiger partial charge in [0, 0.05) is 20.3 Å². The first-order valence-corrected chi connectivity index (χ1v) is 4.08. The summed E-state index contributed by atoms with van der Waals surface area (Å²) in [6, 6.07) is 0.732. The molecule has 1 rings (SSSR count). The highest BCUT2D eigenvalue weighted by Gasteiger charge is 2.17. The molecule has 1 N–H and O–H groups in total. The fraction of sp³-hybridized carbons (Fsp3) is 0.375. The van der Waals surface area contributed by atoms with Crippen molar-refractivity contribution in [3.8, 4) is 0 Å². The summed E-state index contributed by atoms with van der Waals surface area (Å²) >= 11 is 0. The van der Waals surface area contributed by atoms with Crippen molar-refractivity contribution >= 4 is 12.1 Å². The van der Waals surface area contributed by atoms with Crippen LogP contribution in [0.1, 0.15) is 5.69 Å². The van der Waals surface area contributed by atoms with Crippen LogP contribution in [0.25, 0.3) is 0 Å². The van der Waals surface area contributed by atoms with E-state index < -0.39 is 12.1 Å². The molecule has 0 fully saturated rings. The molecule has 0 atom stereocenters. The molecule has 0 unspecified atom stereocenters. The zero-order valence-electron chi connectivity index (χ0n) is 8.31. The maximum absolute atomic E-state index is 11.5. The van der Waals surface area contributed by atoms with E-state index in [9.17, 15) is 9.59 Å². The molecule has 0 aliphatic carbocycles. The Bertz CT molecular complexity index is 358. The number of nitrogens with zero attached hydrogens (tertiary/aromatic N) is 3. The highest BCUT2D eigenvalue weighted by molar-refractivity contribution is 5.93. The number of nitrogens with one attached hydrogen (secondary N) is 1. The molecule has 6 nitrogen and oxygen atoms in total. The number of rotatable bonds is 0. The van der Waals surface area contributed by atoms with Crippen molar-refractivity contribution in [2.45, 2.75) is 6.92 Å². The number of urea groups is 1. The van der Waals surface area contributed by atoms with Gasteiger partial charge in [-0.15, -0.1) is 0 Å². The van der Waals surface area contributed by atoms with Gasteiger partial charge in [0.1, 0.15) is 0 Å². The number of aromatic nitrogens is 2. The third-order valence-electron chi connectivity index (χ3n) is 1.72. The zero-order valence-corrected chi connectivity index (χ0v) is 8.31. The second-order valence-corrected chi connectivity index (χ2v) is 2.80. The van der Waals surface area contributed by atoms with Crippen LogP contribution < -0.4 is 5.32 Å². The molecule has 1 heterocycles. The fourth-order valence-corrected chi connectivity index (χ4v) is 0.930. The van der Waals surface area contributed by atoms with Crippen molar-refractivity contribution in [2.75, 3.05) is 14.1 Å². The minimum atomic E-state index is -0.488. The second kappa shape index (κ2) is 3.91. The van der Waals surface area contributed by atoms with E-state index in [0.29, 0.717) is 0 Å². The van der Waals surface area contributed by atoms with Crippen LogP contribution in [0.2, 0.25) is 0 Å². The van der Waals surface area contributed by atoms with Crippen LogP contribution in [-0.2, 0) is 0 Å². The smallest absolute Gasteiger partial charge is 0.341 e. The maximum Gasteiger partial charge on any atom is 0.352 e. The molecule has 0 aromatic carbocycles. The molecule has 0 saturated heterocycles. The minimum Gasteiger partial charge on any atom is -0.341 e. The van der Waals surface area contributed by atoms with E-state index in [1.54, 1.807) is 13.0 Å². The lowest BCUT2D eigenvalue weighted by molar-refractivity contribution is 0.194. The van der Waals surface area contributed by atoms with Crippen LogP contribution in [0.4, 0.5) is 9.59 Å². The van der Waals surface area contributed by atoms with Crippen molar-refractivity contribution in [3.63, 3.8) is 0 Å². The van der Waals surface area contributed by atoms with Gasteiger partial charge < -0.3 is 5.32 Å². The van der Waals surface area contributed by atoms with E-state index in [1.165, 1.54) is 20.3 Å². The molecule has 1 aromatic rings. The number of carbonyl (C=O) groups is 2. The first-order chi connectivity index (χ1) is 6.56. The lowest BCUT2D eigenvalue weighted by Gasteiger charge is -2.13. The zero-order chi connectivity index (χ0) is 10.7. The summed E-state index contributed by atoms with van der Waals surface area (Å²) in [5.74, 6) is 0. The predicted octanol–water partition coefficient (Wildman–Crippen LogP) is 0.431. The standard InChI is InChI=1S/C8H12N4O2/c1-6-4-5-12(10-6)8(14)11(3)7(13)9-2/h4-5H,1-3H3,(H,9,13). The first-order valence-electron chi connectivity index (χ1n) is 4.08. The van der Waals surface area contributed by atoms with E-state index in [-0.39, 0.29) is 0 Å². The molecule has 3 amide bonds. The van der Waals surface area contributed by atoms with Crippen molar-refractivity contribution in [1.29, 1.82) is 0 Å². The van der Waals surface area contributed by atoms with Crippen molar-refractivity contribution in [3.05, 3.63) is 18.0 Å². The molecule has 1 aromatic heterocycles. The van der Waals surface area contributed by atoms with E-state index in [0.717, 1.165) is 15.3 Å². The Hall–Kier alpha value is -1.85. The van der Waals surface area contributed by atoms with E-state index >= 15 is 0 Å². The molecule has 0 spiro atoms. The molecule has 0 saturated carbocycles. The summed E-state index contributed by atoms with van der Waals surface area (Å²) in [6.45, 7) is 1.77. The van der Waals surface area contributed by atoms with Gasteiger partial charge in [0.05, 0.1) is 5.69 Å². The second-order valence-electron chi connectivity index (χ2n) is 2.80. The monoisotopic (exact) mass is 196 g/mol. The van der Waals surface area contributed by atoms with Gasteiger partial charge in [-0.05, 0) is 13.0 Å². The number of imide groups is 1. The molecule has 0 aliphatic heterocycles.